The molecule has 0 aromatic heterocycles. The van der Waals surface area contributed by atoms with Gasteiger partial charge in [0, 0.05) is 18.0 Å². The molecule has 0 unspecified atom stereocenters. The normalized spacial score (nSPS) is 10.1. The predicted molar refractivity (Wildman–Crippen MR) is 87.5 cm³/mol. The third-order valence-electron chi connectivity index (χ3n) is 3.37. The number of amides is 1. The molecule has 0 bridgehead atoms. The highest BCUT2D eigenvalue weighted by molar-refractivity contribution is 5.78. The molecule has 114 valence electrons. The van der Waals surface area contributed by atoms with Gasteiger partial charge in [-0.05, 0) is 30.5 Å². The molecule has 0 saturated heterocycles. The van der Waals surface area contributed by atoms with Crippen molar-refractivity contribution in [3.8, 4) is 11.8 Å². The van der Waals surface area contributed by atoms with Gasteiger partial charge in [0.1, 0.15) is 0 Å². The van der Waals surface area contributed by atoms with Crippen molar-refractivity contribution in [2.24, 2.45) is 11.7 Å². The van der Waals surface area contributed by atoms with E-state index in [-0.39, 0.29) is 11.8 Å². The molecule has 0 aliphatic rings. The average molecular weight is 286 g/mol. The van der Waals surface area contributed by atoms with E-state index in [1.54, 1.807) is 0 Å². The Hall–Kier alpha value is -1.79. The van der Waals surface area contributed by atoms with E-state index < -0.39 is 0 Å². The van der Waals surface area contributed by atoms with Crippen LogP contribution in [0.25, 0.3) is 0 Å². The summed E-state index contributed by atoms with van der Waals surface area (Å²) in [5.74, 6) is 6.15. The summed E-state index contributed by atoms with van der Waals surface area (Å²) in [6.45, 7) is 5.16. The van der Waals surface area contributed by atoms with E-state index in [1.165, 1.54) is 0 Å². The second kappa shape index (κ2) is 10.0. The summed E-state index contributed by atoms with van der Waals surface area (Å²) in [5.41, 5.74) is 7.38. The SMILES string of the molecule is CCCC(CCC)C(=O)NCc1cccc(C#CCN)c1. The first-order valence-corrected chi connectivity index (χ1v) is 7.76. The first-order valence-electron chi connectivity index (χ1n) is 7.76. The second-order valence-electron chi connectivity index (χ2n) is 5.20. The minimum atomic E-state index is 0.139. The Morgan fingerprint density at radius 3 is 2.62 bits per heavy atom. The number of carbonyl (C=O) groups is 1. The Bertz CT molecular complexity index is 493. The van der Waals surface area contributed by atoms with Gasteiger partial charge in [-0.15, -0.1) is 0 Å². The maximum atomic E-state index is 12.2. The van der Waals surface area contributed by atoms with Crippen molar-refractivity contribution in [2.75, 3.05) is 6.54 Å². The predicted octanol–water partition coefficient (Wildman–Crippen LogP) is 2.83. The molecule has 21 heavy (non-hydrogen) atoms. The van der Waals surface area contributed by atoms with Crippen molar-refractivity contribution < 1.29 is 4.79 Å². The van der Waals surface area contributed by atoms with Gasteiger partial charge in [0.15, 0.2) is 0 Å². The Kier molecular flexibility index (Phi) is 8.23. The minimum Gasteiger partial charge on any atom is -0.352 e. The lowest BCUT2D eigenvalue weighted by Gasteiger charge is -2.15. The monoisotopic (exact) mass is 286 g/mol. The first kappa shape index (κ1) is 17.3. The topological polar surface area (TPSA) is 55.1 Å². The van der Waals surface area contributed by atoms with Crippen LogP contribution in [0.15, 0.2) is 24.3 Å². The van der Waals surface area contributed by atoms with E-state index in [4.69, 9.17) is 5.73 Å². The van der Waals surface area contributed by atoms with Crippen LogP contribution < -0.4 is 11.1 Å². The zero-order valence-electron chi connectivity index (χ0n) is 13.1. The highest BCUT2D eigenvalue weighted by Crippen LogP contribution is 2.14. The number of carbonyl (C=O) groups excluding carboxylic acids is 1. The van der Waals surface area contributed by atoms with Gasteiger partial charge in [0.2, 0.25) is 5.91 Å². The van der Waals surface area contributed by atoms with Crippen molar-refractivity contribution in [2.45, 2.75) is 46.1 Å². The fourth-order valence-electron chi connectivity index (χ4n) is 2.35. The average Bonchev–Trinajstić information content (AvgIpc) is 2.51. The zero-order chi connectivity index (χ0) is 15.5. The maximum Gasteiger partial charge on any atom is 0.223 e. The van der Waals surface area contributed by atoms with Crippen LogP contribution in [0, 0.1) is 17.8 Å². The Labute approximate surface area is 128 Å². The number of rotatable bonds is 7. The molecule has 3 nitrogen and oxygen atoms in total. The number of hydrogen-bond acceptors (Lipinski definition) is 2. The van der Waals surface area contributed by atoms with E-state index in [0.717, 1.165) is 36.8 Å². The molecule has 1 amide bonds. The molecule has 0 fully saturated rings. The highest BCUT2D eigenvalue weighted by Gasteiger charge is 2.15. The van der Waals surface area contributed by atoms with Gasteiger partial charge in [0.05, 0.1) is 6.54 Å². The molecule has 1 rings (SSSR count). The molecule has 0 atom stereocenters. The molecule has 0 saturated carbocycles. The van der Waals surface area contributed by atoms with Gasteiger partial charge < -0.3 is 11.1 Å². The van der Waals surface area contributed by atoms with Gasteiger partial charge in [0.25, 0.3) is 0 Å². The van der Waals surface area contributed by atoms with Crippen LogP contribution in [-0.2, 0) is 11.3 Å². The summed E-state index contributed by atoms with van der Waals surface area (Å²) in [5, 5.41) is 3.04. The van der Waals surface area contributed by atoms with Gasteiger partial charge in [-0.25, -0.2) is 0 Å². The third kappa shape index (κ3) is 6.46. The number of nitrogens with two attached hydrogens (primary N) is 1. The highest BCUT2D eigenvalue weighted by atomic mass is 16.1. The molecular formula is C18H26N2O. The number of nitrogens with one attached hydrogen (secondary N) is 1. The summed E-state index contributed by atoms with van der Waals surface area (Å²) in [7, 11) is 0. The van der Waals surface area contributed by atoms with Gasteiger partial charge in [-0.2, -0.15) is 0 Å². The van der Waals surface area contributed by atoms with Crippen molar-refractivity contribution in [1.82, 2.24) is 5.32 Å². The minimum absolute atomic E-state index is 0.139. The second-order valence-corrected chi connectivity index (χ2v) is 5.20. The zero-order valence-corrected chi connectivity index (χ0v) is 13.1. The lowest BCUT2D eigenvalue weighted by molar-refractivity contribution is -0.125. The summed E-state index contributed by atoms with van der Waals surface area (Å²) >= 11 is 0. The van der Waals surface area contributed by atoms with E-state index in [2.05, 4.69) is 31.0 Å². The van der Waals surface area contributed by atoms with Gasteiger partial charge in [-0.3, -0.25) is 4.79 Å². The molecule has 1 aromatic carbocycles. The molecule has 0 spiro atoms. The van der Waals surface area contributed by atoms with Crippen LogP contribution in [0.2, 0.25) is 0 Å². The third-order valence-corrected chi connectivity index (χ3v) is 3.37. The smallest absolute Gasteiger partial charge is 0.223 e. The van der Waals surface area contributed by atoms with E-state index in [1.807, 2.05) is 24.3 Å². The molecule has 0 radical (unpaired) electrons. The van der Waals surface area contributed by atoms with E-state index in [0.29, 0.717) is 13.1 Å². The van der Waals surface area contributed by atoms with Crippen LogP contribution >= 0.6 is 0 Å². The molecule has 0 aliphatic heterocycles. The Morgan fingerprint density at radius 2 is 2.00 bits per heavy atom. The summed E-state index contributed by atoms with van der Waals surface area (Å²) < 4.78 is 0. The van der Waals surface area contributed by atoms with Crippen LogP contribution in [0.4, 0.5) is 0 Å². The first-order chi connectivity index (χ1) is 10.2. The van der Waals surface area contributed by atoms with Crippen molar-refractivity contribution in [3.63, 3.8) is 0 Å². The standard InChI is InChI=1S/C18H26N2O/c1-3-7-17(8-4-2)18(21)20-14-16-10-5-9-15(13-16)11-6-12-19/h5,9-10,13,17H,3-4,7-8,12,14,19H2,1-2H3,(H,20,21). The van der Waals surface area contributed by atoms with E-state index >= 15 is 0 Å². The molecular weight excluding hydrogens is 260 g/mol. The maximum absolute atomic E-state index is 12.2. The molecule has 3 heteroatoms. The van der Waals surface area contributed by atoms with Gasteiger partial charge in [-0.1, -0.05) is 50.7 Å². The van der Waals surface area contributed by atoms with Crippen molar-refractivity contribution in [1.29, 1.82) is 0 Å². The van der Waals surface area contributed by atoms with Crippen LogP contribution in [-0.4, -0.2) is 12.5 Å². The fourth-order valence-corrected chi connectivity index (χ4v) is 2.35. The lowest BCUT2D eigenvalue weighted by Crippen LogP contribution is -2.30. The van der Waals surface area contributed by atoms with Crippen molar-refractivity contribution in [3.05, 3.63) is 35.4 Å². The molecule has 1 aromatic rings. The van der Waals surface area contributed by atoms with Crippen molar-refractivity contribution >= 4 is 5.91 Å². The molecule has 3 N–H and O–H groups in total. The van der Waals surface area contributed by atoms with Crippen LogP contribution in [0.1, 0.15) is 50.7 Å². The van der Waals surface area contributed by atoms with E-state index in [9.17, 15) is 4.79 Å². The summed E-state index contributed by atoms with van der Waals surface area (Å²) in [4.78, 5) is 12.2. The summed E-state index contributed by atoms with van der Waals surface area (Å²) in [6, 6.07) is 7.91. The number of benzene rings is 1. The molecule has 0 heterocycles. The quantitative estimate of drug-likeness (QED) is 0.757. The lowest BCUT2D eigenvalue weighted by atomic mass is 9.97. The van der Waals surface area contributed by atoms with Crippen LogP contribution in [0.3, 0.4) is 0 Å². The largest absolute Gasteiger partial charge is 0.352 e. The Balaban J connectivity index is 2.59. The summed E-state index contributed by atoms with van der Waals surface area (Å²) in [6.07, 6.45) is 4.01. The Morgan fingerprint density at radius 1 is 1.29 bits per heavy atom. The fraction of sp³-hybridized carbons (Fsp3) is 0.500. The number of hydrogen-bond donors (Lipinski definition) is 2. The van der Waals surface area contributed by atoms with Gasteiger partial charge >= 0.3 is 0 Å². The molecule has 0 aliphatic carbocycles. The van der Waals surface area contributed by atoms with Crippen LogP contribution in [0.5, 0.6) is 0 Å².